The predicted octanol–water partition coefficient (Wildman–Crippen LogP) is 5.48. The van der Waals surface area contributed by atoms with Crippen LogP contribution in [0.25, 0.3) is 5.76 Å². The summed E-state index contributed by atoms with van der Waals surface area (Å²) in [7, 11) is 1.50. The molecule has 0 radical (unpaired) electrons. The highest BCUT2D eigenvalue weighted by Crippen LogP contribution is 2.41. The van der Waals surface area contributed by atoms with Gasteiger partial charge in [0.25, 0.3) is 11.7 Å². The molecule has 0 spiro atoms. The quantitative estimate of drug-likeness (QED) is 0.379. The Kier molecular flexibility index (Phi) is 6.46. The molecule has 1 amide bonds. The average molecular weight is 442 g/mol. The number of hydrogen-bond acceptors (Lipinski definition) is 4. The molecule has 1 aliphatic heterocycles. The van der Waals surface area contributed by atoms with Gasteiger partial charge in [-0.25, -0.2) is 0 Å². The van der Waals surface area contributed by atoms with E-state index >= 15 is 0 Å². The Bertz CT molecular complexity index is 1030. The molecular formula is C25H28ClNO4. The molecule has 1 aliphatic rings. The maximum atomic E-state index is 13.0. The summed E-state index contributed by atoms with van der Waals surface area (Å²) in [5.74, 6) is -1.15. The number of halogens is 1. The third kappa shape index (κ3) is 4.33. The molecule has 3 rings (SSSR count). The minimum Gasteiger partial charge on any atom is -0.507 e. The number of rotatable bonds is 5. The van der Waals surface area contributed by atoms with Crippen molar-refractivity contribution >= 4 is 29.1 Å². The fraction of sp³-hybridized carbons (Fsp3) is 0.360. The zero-order valence-electron chi connectivity index (χ0n) is 18.5. The van der Waals surface area contributed by atoms with E-state index in [1.54, 1.807) is 18.2 Å². The molecule has 1 atom stereocenters. The summed E-state index contributed by atoms with van der Waals surface area (Å²) < 4.78 is 5.23. The number of amides is 1. The van der Waals surface area contributed by atoms with Crippen LogP contribution in [0.5, 0.6) is 5.75 Å². The lowest BCUT2D eigenvalue weighted by Crippen LogP contribution is -2.30. The zero-order valence-corrected chi connectivity index (χ0v) is 19.3. The van der Waals surface area contributed by atoms with E-state index < -0.39 is 17.7 Å². The van der Waals surface area contributed by atoms with Gasteiger partial charge in [-0.3, -0.25) is 9.59 Å². The van der Waals surface area contributed by atoms with Crippen molar-refractivity contribution in [2.24, 2.45) is 0 Å². The summed E-state index contributed by atoms with van der Waals surface area (Å²) in [6.45, 7) is 8.71. The van der Waals surface area contributed by atoms with Crippen LogP contribution in [0.2, 0.25) is 5.02 Å². The second kappa shape index (κ2) is 8.75. The van der Waals surface area contributed by atoms with Crippen LogP contribution in [0.15, 0.2) is 48.0 Å². The Morgan fingerprint density at radius 2 is 1.77 bits per heavy atom. The summed E-state index contributed by atoms with van der Waals surface area (Å²) in [5.41, 5.74) is 2.17. The number of methoxy groups -OCH3 is 1. The smallest absolute Gasteiger partial charge is 0.295 e. The number of aliphatic hydroxyl groups excluding tert-OH is 1. The van der Waals surface area contributed by atoms with Crippen molar-refractivity contribution in [3.63, 3.8) is 0 Å². The van der Waals surface area contributed by atoms with Gasteiger partial charge in [0.15, 0.2) is 0 Å². The summed E-state index contributed by atoms with van der Waals surface area (Å²) in [6.07, 6.45) is 0.684. The fourth-order valence-electron chi connectivity index (χ4n) is 3.82. The minimum atomic E-state index is -0.713. The maximum absolute atomic E-state index is 13.0. The van der Waals surface area contributed by atoms with E-state index in [9.17, 15) is 14.7 Å². The van der Waals surface area contributed by atoms with Crippen LogP contribution in [0.4, 0.5) is 0 Å². The first-order valence-corrected chi connectivity index (χ1v) is 10.7. The van der Waals surface area contributed by atoms with E-state index in [1.165, 1.54) is 12.0 Å². The van der Waals surface area contributed by atoms with E-state index in [0.29, 0.717) is 18.7 Å². The van der Waals surface area contributed by atoms with Gasteiger partial charge in [0.1, 0.15) is 11.5 Å². The van der Waals surface area contributed by atoms with Gasteiger partial charge in [0.05, 0.1) is 23.7 Å². The number of benzene rings is 2. The SMILES string of the molecule is CCCN1C(=O)C(=O)/C(=C(/O)c2cc(OC)ccc2Cl)C1c1ccc(C(C)(C)C)cc1. The molecule has 1 fully saturated rings. The van der Waals surface area contributed by atoms with Gasteiger partial charge in [0, 0.05) is 12.1 Å². The lowest BCUT2D eigenvalue weighted by molar-refractivity contribution is -0.139. The molecule has 0 bridgehead atoms. The molecule has 0 saturated carbocycles. The first kappa shape index (κ1) is 22.9. The standard InChI is InChI=1S/C25H28ClNO4/c1-6-13-27-21(15-7-9-16(10-8-15)25(2,3)4)20(23(29)24(27)30)22(28)18-14-17(31-5)11-12-19(18)26/h7-12,14,21,28H,6,13H2,1-5H3/b22-20+. The predicted molar refractivity (Wildman–Crippen MR) is 122 cm³/mol. The van der Waals surface area contributed by atoms with Crippen LogP contribution < -0.4 is 4.74 Å². The maximum Gasteiger partial charge on any atom is 0.295 e. The van der Waals surface area contributed by atoms with Crippen molar-refractivity contribution in [1.29, 1.82) is 0 Å². The Morgan fingerprint density at radius 1 is 1.13 bits per heavy atom. The van der Waals surface area contributed by atoms with Gasteiger partial charge in [0.2, 0.25) is 0 Å². The van der Waals surface area contributed by atoms with Crippen LogP contribution >= 0.6 is 11.6 Å². The molecule has 31 heavy (non-hydrogen) atoms. The molecule has 5 nitrogen and oxygen atoms in total. The summed E-state index contributed by atoms with van der Waals surface area (Å²) >= 11 is 6.31. The van der Waals surface area contributed by atoms with Crippen molar-refractivity contribution < 1.29 is 19.4 Å². The van der Waals surface area contributed by atoms with Gasteiger partial charge in [-0.05, 0) is 41.2 Å². The molecule has 2 aromatic rings. The first-order valence-electron chi connectivity index (χ1n) is 10.3. The van der Waals surface area contributed by atoms with E-state index in [-0.39, 0.29) is 27.3 Å². The molecule has 1 N–H and O–H groups in total. The van der Waals surface area contributed by atoms with E-state index in [0.717, 1.165) is 11.1 Å². The molecule has 1 saturated heterocycles. The van der Waals surface area contributed by atoms with Gasteiger partial charge >= 0.3 is 0 Å². The van der Waals surface area contributed by atoms with Crippen molar-refractivity contribution in [3.8, 4) is 5.75 Å². The van der Waals surface area contributed by atoms with Crippen LogP contribution in [-0.2, 0) is 15.0 Å². The number of likely N-dealkylation sites (tertiary alicyclic amines) is 1. The van der Waals surface area contributed by atoms with Crippen LogP contribution in [0.1, 0.15) is 56.8 Å². The second-order valence-corrected chi connectivity index (χ2v) is 9.12. The molecule has 6 heteroatoms. The number of ketones is 1. The minimum absolute atomic E-state index is 0.0299. The fourth-order valence-corrected chi connectivity index (χ4v) is 4.03. The first-order chi connectivity index (χ1) is 14.6. The van der Waals surface area contributed by atoms with Gasteiger partial charge in [-0.15, -0.1) is 0 Å². The lowest BCUT2D eigenvalue weighted by Gasteiger charge is -2.26. The van der Waals surface area contributed by atoms with E-state index in [4.69, 9.17) is 16.3 Å². The number of carbonyl (C=O) groups is 2. The van der Waals surface area contributed by atoms with Crippen LogP contribution in [0.3, 0.4) is 0 Å². The number of ether oxygens (including phenoxy) is 1. The topological polar surface area (TPSA) is 66.8 Å². The van der Waals surface area contributed by atoms with Crippen molar-refractivity contribution in [1.82, 2.24) is 4.90 Å². The highest BCUT2D eigenvalue weighted by Gasteiger charge is 2.45. The third-order valence-corrected chi connectivity index (χ3v) is 5.86. The molecule has 2 aromatic carbocycles. The van der Waals surface area contributed by atoms with Gasteiger partial charge < -0.3 is 14.7 Å². The number of aliphatic hydroxyl groups is 1. The molecule has 1 heterocycles. The van der Waals surface area contributed by atoms with Crippen LogP contribution in [-0.4, -0.2) is 35.4 Å². The Morgan fingerprint density at radius 3 is 2.32 bits per heavy atom. The number of nitrogens with zero attached hydrogens (tertiary/aromatic N) is 1. The molecule has 1 unspecified atom stereocenters. The Hall–Kier alpha value is -2.79. The van der Waals surface area contributed by atoms with Crippen molar-refractivity contribution in [2.75, 3.05) is 13.7 Å². The summed E-state index contributed by atoms with van der Waals surface area (Å²) in [4.78, 5) is 27.4. The van der Waals surface area contributed by atoms with Gasteiger partial charge in [-0.2, -0.15) is 0 Å². The molecule has 164 valence electrons. The van der Waals surface area contributed by atoms with Crippen molar-refractivity contribution in [2.45, 2.75) is 45.6 Å². The Labute approximate surface area is 188 Å². The van der Waals surface area contributed by atoms with Crippen molar-refractivity contribution in [3.05, 3.63) is 69.8 Å². The van der Waals surface area contributed by atoms with Crippen LogP contribution in [0, 0.1) is 0 Å². The molecular weight excluding hydrogens is 414 g/mol. The lowest BCUT2D eigenvalue weighted by atomic mass is 9.85. The molecule has 0 aromatic heterocycles. The number of hydrogen-bond donors (Lipinski definition) is 1. The van der Waals surface area contributed by atoms with Gasteiger partial charge in [-0.1, -0.05) is 63.6 Å². The zero-order chi connectivity index (χ0) is 22.9. The van der Waals surface area contributed by atoms with E-state index in [1.807, 2.05) is 31.2 Å². The highest BCUT2D eigenvalue weighted by atomic mass is 35.5. The largest absolute Gasteiger partial charge is 0.507 e. The summed E-state index contributed by atoms with van der Waals surface area (Å²) in [6, 6.07) is 12.0. The summed E-state index contributed by atoms with van der Waals surface area (Å²) in [5, 5.41) is 11.4. The number of Topliss-reactive ketones (excluding diaryl/α,β-unsaturated/α-hetero) is 1. The normalized spacial score (nSPS) is 18.5. The average Bonchev–Trinajstić information content (AvgIpc) is 2.98. The molecule has 0 aliphatic carbocycles. The number of carbonyl (C=O) groups excluding carboxylic acids is 2. The Balaban J connectivity index is 2.20. The monoisotopic (exact) mass is 441 g/mol. The third-order valence-electron chi connectivity index (χ3n) is 5.53. The highest BCUT2D eigenvalue weighted by molar-refractivity contribution is 6.47. The van der Waals surface area contributed by atoms with E-state index in [2.05, 4.69) is 20.8 Å². The second-order valence-electron chi connectivity index (χ2n) is 8.71.